The third-order valence-electron chi connectivity index (χ3n) is 3.12. The number of nitriles is 1. The average Bonchev–Trinajstić information content (AvgIpc) is 2.46. The number of para-hydroxylation sites is 1. The maximum Gasteiger partial charge on any atom is 0.150 e. The lowest BCUT2D eigenvalue weighted by Gasteiger charge is -2.22. The summed E-state index contributed by atoms with van der Waals surface area (Å²) < 4.78 is 0. The van der Waals surface area contributed by atoms with Crippen LogP contribution in [0.2, 0.25) is 0 Å². The van der Waals surface area contributed by atoms with Gasteiger partial charge in [-0.05, 0) is 36.8 Å². The highest BCUT2D eigenvalue weighted by molar-refractivity contribution is 5.79. The van der Waals surface area contributed by atoms with Gasteiger partial charge in [-0.15, -0.1) is 0 Å². The highest BCUT2D eigenvalue weighted by Crippen LogP contribution is 2.29. The molecule has 0 saturated carbocycles. The summed E-state index contributed by atoms with van der Waals surface area (Å²) in [5.74, 6) is 0. The zero-order valence-corrected chi connectivity index (χ0v) is 10.9. The van der Waals surface area contributed by atoms with Crippen LogP contribution in [0.4, 0.5) is 11.4 Å². The van der Waals surface area contributed by atoms with Crippen LogP contribution in [-0.2, 0) is 0 Å². The third-order valence-corrected chi connectivity index (χ3v) is 3.12. The predicted molar refractivity (Wildman–Crippen MR) is 75.8 cm³/mol. The smallest absolute Gasteiger partial charge is 0.150 e. The Bertz CT molecular complexity index is 656. The van der Waals surface area contributed by atoms with E-state index in [9.17, 15) is 10.1 Å². The van der Waals surface area contributed by atoms with Crippen LogP contribution >= 0.6 is 0 Å². The van der Waals surface area contributed by atoms with E-state index in [0.29, 0.717) is 11.1 Å². The maximum absolute atomic E-state index is 10.8. The standard InChI is InChI=1S/C16H14N2O/c1-12-5-3-4-6-15(12)18(2)16-8-7-13(11-19)9-14(16)10-17/h3-9,11H,1-2H3. The molecule has 0 unspecified atom stereocenters. The molecule has 0 amide bonds. The van der Waals surface area contributed by atoms with Gasteiger partial charge in [0.2, 0.25) is 0 Å². The molecule has 0 atom stereocenters. The fourth-order valence-electron chi connectivity index (χ4n) is 2.08. The lowest BCUT2D eigenvalue weighted by molar-refractivity contribution is 0.112. The highest BCUT2D eigenvalue weighted by atomic mass is 16.1. The molecule has 0 bridgehead atoms. The summed E-state index contributed by atoms with van der Waals surface area (Å²) in [5.41, 5.74) is 3.97. The summed E-state index contributed by atoms with van der Waals surface area (Å²) in [6.07, 6.45) is 0.748. The minimum Gasteiger partial charge on any atom is -0.343 e. The van der Waals surface area contributed by atoms with Crippen molar-refractivity contribution < 1.29 is 4.79 Å². The lowest BCUT2D eigenvalue weighted by Crippen LogP contribution is -2.12. The Hall–Kier alpha value is -2.60. The van der Waals surface area contributed by atoms with Crippen LogP contribution in [0.25, 0.3) is 0 Å². The number of carbonyl (C=O) groups is 1. The van der Waals surface area contributed by atoms with Gasteiger partial charge in [0.15, 0.2) is 0 Å². The van der Waals surface area contributed by atoms with Crippen molar-refractivity contribution in [3.63, 3.8) is 0 Å². The van der Waals surface area contributed by atoms with Gasteiger partial charge in [-0.25, -0.2) is 0 Å². The van der Waals surface area contributed by atoms with Crippen LogP contribution in [0, 0.1) is 18.3 Å². The van der Waals surface area contributed by atoms with E-state index in [2.05, 4.69) is 6.07 Å². The highest BCUT2D eigenvalue weighted by Gasteiger charge is 2.11. The average molecular weight is 250 g/mol. The molecule has 0 aromatic heterocycles. The van der Waals surface area contributed by atoms with Crippen LogP contribution in [0.1, 0.15) is 21.5 Å². The third kappa shape index (κ3) is 2.48. The first-order valence-corrected chi connectivity index (χ1v) is 5.96. The van der Waals surface area contributed by atoms with Crippen LogP contribution in [0.15, 0.2) is 42.5 Å². The molecule has 2 rings (SSSR count). The predicted octanol–water partition coefficient (Wildman–Crippen LogP) is 3.45. The van der Waals surface area contributed by atoms with E-state index in [0.717, 1.165) is 23.2 Å². The Morgan fingerprint density at radius 2 is 1.89 bits per heavy atom. The number of anilines is 2. The second-order valence-electron chi connectivity index (χ2n) is 4.35. The van der Waals surface area contributed by atoms with Gasteiger partial charge >= 0.3 is 0 Å². The summed E-state index contributed by atoms with van der Waals surface area (Å²) in [4.78, 5) is 12.7. The fourth-order valence-corrected chi connectivity index (χ4v) is 2.08. The first-order chi connectivity index (χ1) is 9.17. The number of aldehydes is 1. The van der Waals surface area contributed by atoms with Gasteiger partial charge in [0.1, 0.15) is 12.4 Å². The van der Waals surface area contributed by atoms with Crippen molar-refractivity contribution in [3.8, 4) is 6.07 Å². The number of carbonyl (C=O) groups excluding carboxylic acids is 1. The molecule has 2 aromatic rings. The molecule has 0 spiro atoms. The summed E-state index contributed by atoms with van der Waals surface area (Å²) >= 11 is 0. The monoisotopic (exact) mass is 250 g/mol. The van der Waals surface area contributed by atoms with Crippen molar-refractivity contribution in [2.75, 3.05) is 11.9 Å². The SMILES string of the molecule is Cc1ccccc1N(C)c1ccc(C=O)cc1C#N. The Morgan fingerprint density at radius 1 is 1.16 bits per heavy atom. The molecule has 0 aliphatic heterocycles. The molecule has 2 aromatic carbocycles. The molecule has 0 aliphatic carbocycles. The number of aryl methyl sites for hydroxylation is 1. The van der Waals surface area contributed by atoms with Gasteiger partial charge in [0.25, 0.3) is 0 Å². The first kappa shape index (κ1) is 12.8. The topological polar surface area (TPSA) is 44.1 Å². The Balaban J connectivity index is 2.51. The van der Waals surface area contributed by atoms with Gasteiger partial charge in [-0.1, -0.05) is 18.2 Å². The molecule has 0 radical (unpaired) electrons. The molecule has 94 valence electrons. The number of nitrogens with zero attached hydrogens (tertiary/aromatic N) is 2. The minimum atomic E-state index is 0.496. The van der Waals surface area contributed by atoms with Crippen molar-refractivity contribution in [1.82, 2.24) is 0 Å². The van der Waals surface area contributed by atoms with Crippen LogP contribution < -0.4 is 4.90 Å². The van der Waals surface area contributed by atoms with Crippen molar-refractivity contribution in [1.29, 1.82) is 5.26 Å². The van der Waals surface area contributed by atoms with Gasteiger partial charge in [-0.2, -0.15) is 5.26 Å². The molecule has 0 N–H and O–H groups in total. The lowest BCUT2D eigenvalue weighted by atomic mass is 10.1. The van der Waals surface area contributed by atoms with Crippen molar-refractivity contribution in [3.05, 3.63) is 59.2 Å². The van der Waals surface area contributed by atoms with E-state index in [1.165, 1.54) is 0 Å². The second-order valence-corrected chi connectivity index (χ2v) is 4.35. The van der Waals surface area contributed by atoms with Crippen LogP contribution in [0.5, 0.6) is 0 Å². The summed E-state index contributed by atoms with van der Waals surface area (Å²) in [6, 6.07) is 15.2. The molecular weight excluding hydrogens is 236 g/mol. The maximum atomic E-state index is 10.8. The van der Waals surface area contributed by atoms with Crippen molar-refractivity contribution in [2.24, 2.45) is 0 Å². The van der Waals surface area contributed by atoms with Crippen LogP contribution in [0.3, 0.4) is 0 Å². The summed E-state index contributed by atoms with van der Waals surface area (Å²) in [5, 5.41) is 9.21. The molecule has 3 nitrogen and oxygen atoms in total. The Morgan fingerprint density at radius 3 is 2.53 bits per heavy atom. The van der Waals surface area contributed by atoms with Crippen molar-refractivity contribution >= 4 is 17.7 Å². The summed E-state index contributed by atoms with van der Waals surface area (Å²) in [6.45, 7) is 2.03. The molecule has 0 saturated heterocycles. The normalized spacial score (nSPS) is 9.74. The van der Waals surface area contributed by atoms with Crippen LogP contribution in [-0.4, -0.2) is 13.3 Å². The molecule has 0 heterocycles. The summed E-state index contributed by atoms with van der Waals surface area (Å²) in [7, 11) is 1.92. The molecule has 3 heteroatoms. The Labute approximate surface area is 112 Å². The number of rotatable bonds is 3. The van der Waals surface area contributed by atoms with E-state index in [1.807, 2.05) is 43.1 Å². The van der Waals surface area contributed by atoms with E-state index < -0.39 is 0 Å². The van der Waals surface area contributed by atoms with Crippen molar-refractivity contribution in [2.45, 2.75) is 6.92 Å². The zero-order valence-electron chi connectivity index (χ0n) is 10.9. The van der Waals surface area contributed by atoms with E-state index in [4.69, 9.17) is 0 Å². The number of hydrogen-bond acceptors (Lipinski definition) is 3. The molecule has 0 fully saturated rings. The fraction of sp³-hybridized carbons (Fsp3) is 0.125. The van der Waals surface area contributed by atoms with Gasteiger partial charge in [0.05, 0.1) is 11.3 Å². The number of hydrogen-bond donors (Lipinski definition) is 0. The van der Waals surface area contributed by atoms with Gasteiger partial charge < -0.3 is 4.90 Å². The first-order valence-electron chi connectivity index (χ1n) is 5.96. The van der Waals surface area contributed by atoms with Gasteiger partial charge in [-0.3, -0.25) is 4.79 Å². The second kappa shape index (κ2) is 5.36. The van der Waals surface area contributed by atoms with E-state index in [1.54, 1.807) is 18.2 Å². The van der Waals surface area contributed by atoms with E-state index in [-0.39, 0.29) is 0 Å². The molecule has 19 heavy (non-hydrogen) atoms. The zero-order chi connectivity index (χ0) is 13.8. The largest absolute Gasteiger partial charge is 0.343 e. The molecular formula is C16H14N2O. The molecule has 0 aliphatic rings. The van der Waals surface area contributed by atoms with Gasteiger partial charge in [0, 0.05) is 18.3 Å². The Kier molecular flexibility index (Phi) is 3.63. The quantitative estimate of drug-likeness (QED) is 0.784. The minimum absolute atomic E-state index is 0.496. The number of benzene rings is 2. The van der Waals surface area contributed by atoms with E-state index >= 15 is 0 Å².